The number of carbonyl (C=O) groups excluding carboxylic acids is 1. The smallest absolute Gasteiger partial charge is 0.277 e. The summed E-state index contributed by atoms with van der Waals surface area (Å²) in [6.07, 6.45) is 1.71. The molecule has 1 fully saturated rings. The van der Waals surface area contributed by atoms with E-state index in [1.807, 2.05) is 24.3 Å². The van der Waals surface area contributed by atoms with E-state index in [1.165, 1.54) is 10.4 Å². The first-order chi connectivity index (χ1) is 16.4. The molecule has 0 bridgehead atoms. The molecule has 0 unspecified atom stereocenters. The Morgan fingerprint density at radius 2 is 1.91 bits per heavy atom. The Balaban J connectivity index is 1.33. The number of nitrogens with zero attached hydrogens (tertiary/aromatic N) is 3. The van der Waals surface area contributed by atoms with Crippen LogP contribution in [0.4, 0.5) is 0 Å². The van der Waals surface area contributed by atoms with Crippen molar-refractivity contribution in [2.45, 2.75) is 22.3 Å². The van der Waals surface area contributed by atoms with E-state index in [-0.39, 0.29) is 21.8 Å². The van der Waals surface area contributed by atoms with Crippen molar-refractivity contribution in [3.63, 3.8) is 0 Å². The molecule has 0 aliphatic carbocycles. The van der Waals surface area contributed by atoms with Gasteiger partial charge >= 0.3 is 0 Å². The van der Waals surface area contributed by atoms with E-state index < -0.39 is 15.3 Å². The second kappa shape index (κ2) is 9.34. The van der Waals surface area contributed by atoms with E-state index in [0.29, 0.717) is 37.4 Å². The number of morpholine rings is 1. The molecule has 0 amide bonds. The highest BCUT2D eigenvalue weighted by atomic mass is 32.2. The standard InChI is InChI=1S/C23H22N4O5S2/c1-15(21(28)19-14-24-20-8-3-2-7-18(19)20)33-23-26-25-22(32-23)16-5-4-6-17(13-16)34(29,30)27-9-11-31-12-10-27/h2-8,13-15,24H,9-12H2,1H3/t15-/m0/s1. The van der Waals surface area contributed by atoms with Crippen molar-refractivity contribution in [2.24, 2.45) is 0 Å². The molecular formula is C23H22N4O5S2. The zero-order valence-corrected chi connectivity index (χ0v) is 19.9. The molecule has 34 heavy (non-hydrogen) atoms. The van der Waals surface area contributed by atoms with Crippen molar-refractivity contribution >= 4 is 38.5 Å². The monoisotopic (exact) mass is 498 g/mol. The lowest BCUT2D eigenvalue weighted by Crippen LogP contribution is -2.40. The molecule has 3 heterocycles. The minimum absolute atomic E-state index is 0.0548. The van der Waals surface area contributed by atoms with Gasteiger partial charge in [0.15, 0.2) is 5.78 Å². The van der Waals surface area contributed by atoms with E-state index >= 15 is 0 Å². The second-order valence-corrected chi connectivity index (χ2v) is 11.0. The molecule has 2 aromatic carbocycles. The first kappa shape index (κ1) is 22.8. The number of H-pyrrole nitrogens is 1. The lowest BCUT2D eigenvalue weighted by molar-refractivity contribution is 0.0730. The minimum atomic E-state index is -3.65. The number of nitrogens with one attached hydrogen (secondary N) is 1. The molecule has 11 heteroatoms. The van der Waals surface area contributed by atoms with Crippen LogP contribution in [0.5, 0.6) is 0 Å². The molecule has 0 spiro atoms. The Bertz CT molecular complexity index is 1440. The lowest BCUT2D eigenvalue weighted by Gasteiger charge is -2.26. The third kappa shape index (κ3) is 4.39. The number of ether oxygens (including phenoxy) is 1. The van der Waals surface area contributed by atoms with Crippen LogP contribution in [0.2, 0.25) is 0 Å². The van der Waals surface area contributed by atoms with E-state index in [2.05, 4.69) is 15.2 Å². The van der Waals surface area contributed by atoms with Gasteiger partial charge in [-0.3, -0.25) is 4.79 Å². The van der Waals surface area contributed by atoms with Gasteiger partial charge in [0.25, 0.3) is 5.22 Å². The topological polar surface area (TPSA) is 118 Å². The first-order valence-electron chi connectivity index (χ1n) is 10.7. The van der Waals surface area contributed by atoms with Crippen LogP contribution in [0.15, 0.2) is 69.3 Å². The molecule has 1 atom stereocenters. The summed E-state index contributed by atoms with van der Waals surface area (Å²) in [5.41, 5.74) is 2.00. The summed E-state index contributed by atoms with van der Waals surface area (Å²) in [5, 5.41) is 8.75. The quantitative estimate of drug-likeness (QED) is 0.303. The summed E-state index contributed by atoms with van der Waals surface area (Å²) in [7, 11) is -3.65. The highest BCUT2D eigenvalue weighted by Crippen LogP contribution is 2.30. The van der Waals surface area contributed by atoms with E-state index in [0.717, 1.165) is 22.7 Å². The number of hydrogen-bond donors (Lipinski definition) is 1. The normalized spacial score (nSPS) is 16.0. The number of rotatable bonds is 7. The summed E-state index contributed by atoms with van der Waals surface area (Å²) in [4.78, 5) is 16.3. The molecule has 5 rings (SSSR count). The number of fused-ring (bicyclic) bond motifs is 1. The summed E-state index contributed by atoms with van der Waals surface area (Å²) < 4.78 is 38.3. The van der Waals surface area contributed by atoms with E-state index in [4.69, 9.17) is 9.15 Å². The van der Waals surface area contributed by atoms with Crippen molar-refractivity contribution < 1.29 is 22.4 Å². The average molecular weight is 499 g/mol. The van der Waals surface area contributed by atoms with Crippen LogP contribution in [0.3, 0.4) is 0 Å². The fourth-order valence-electron chi connectivity index (χ4n) is 3.80. The molecule has 1 aliphatic heterocycles. The molecule has 2 aromatic heterocycles. The molecule has 176 valence electrons. The molecule has 9 nitrogen and oxygen atoms in total. The second-order valence-electron chi connectivity index (χ2n) is 7.79. The van der Waals surface area contributed by atoms with Crippen molar-refractivity contribution in [3.05, 3.63) is 60.3 Å². The van der Waals surface area contributed by atoms with Crippen LogP contribution in [-0.2, 0) is 14.8 Å². The summed E-state index contributed by atoms with van der Waals surface area (Å²) in [6.45, 7) is 3.16. The number of carbonyl (C=O) groups is 1. The van der Waals surface area contributed by atoms with E-state index in [9.17, 15) is 13.2 Å². The highest BCUT2D eigenvalue weighted by molar-refractivity contribution is 8.00. The number of aromatic nitrogens is 3. The summed E-state index contributed by atoms with van der Waals surface area (Å²) >= 11 is 1.16. The number of Topliss-reactive ketones (excluding diaryl/α,β-unsaturated/α-hetero) is 1. The van der Waals surface area contributed by atoms with Gasteiger partial charge in [-0.25, -0.2) is 8.42 Å². The van der Waals surface area contributed by atoms with Gasteiger partial charge in [0.1, 0.15) is 0 Å². The van der Waals surface area contributed by atoms with Crippen molar-refractivity contribution in [1.82, 2.24) is 19.5 Å². The van der Waals surface area contributed by atoms with E-state index in [1.54, 1.807) is 31.3 Å². The maximum Gasteiger partial charge on any atom is 0.277 e. The molecule has 1 saturated heterocycles. The third-order valence-corrected chi connectivity index (χ3v) is 8.43. The van der Waals surface area contributed by atoms with Crippen LogP contribution in [-0.4, -0.2) is 65.2 Å². The van der Waals surface area contributed by atoms with Crippen molar-refractivity contribution in [2.75, 3.05) is 26.3 Å². The van der Waals surface area contributed by atoms with Gasteiger partial charge in [-0.2, -0.15) is 4.31 Å². The molecule has 1 aliphatic rings. The van der Waals surface area contributed by atoms with Gasteiger partial charge in [0, 0.05) is 41.3 Å². The predicted octanol–water partition coefficient (Wildman–Crippen LogP) is 3.60. The van der Waals surface area contributed by atoms with Crippen LogP contribution in [0, 0.1) is 0 Å². The maximum atomic E-state index is 13.0. The van der Waals surface area contributed by atoms with Crippen molar-refractivity contribution in [1.29, 1.82) is 0 Å². The molecule has 1 N–H and O–H groups in total. The first-order valence-corrected chi connectivity index (χ1v) is 13.0. The van der Waals surface area contributed by atoms with Gasteiger partial charge in [0.05, 0.1) is 23.4 Å². The van der Waals surface area contributed by atoms with Gasteiger partial charge in [-0.1, -0.05) is 36.0 Å². The van der Waals surface area contributed by atoms with Crippen LogP contribution >= 0.6 is 11.8 Å². The predicted molar refractivity (Wildman–Crippen MR) is 127 cm³/mol. The van der Waals surface area contributed by atoms with Crippen LogP contribution in [0.25, 0.3) is 22.4 Å². The number of benzene rings is 2. The van der Waals surface area contributed by atoms with Gasteiger partial charge in [-0.15, -0.1) is 10.2 Å². The number of aromatic amines is 1. The number of thioether (sulfide) groups is 1. The average Bonchev–Trinajstić information content (AvgIpc) is 3.51. The molecule has 0 saturated carbocycles. The van der Waals surface area contributed by atoms with Crippen molar-refractivity contribution in [3.8, 4) is 11.5 Å². The number of sulfonamides is 1. The highest BCUT2D eigenvalue weighted by Gasteiger charge is 2.27. The molecule has 0 radical (unpaired) electrons. The zero-order valence-electron chi connectivity index (χ0n) is 18.3. The Morgan fingerprint density at radius 3 is 2.74 bits per heavy atom. The van der Waals surface area contributed by atoms with Gasteiger partial charge < -0.3 is 14.1 Å². The summed E-state index contributed by atoms with van der Waals surface area (Å²) in [5.74, 6) is 0.133. The lowest BCUT2D eigenvalue weighted by atomic mass is 10.1. The van der Waals surface area contributed by atoms with Gasteiger partial charge in [-0.05, 0) is 31.2 Å². The Hall–Kier alpha value is -2.99. The number of ketones is 1. The fraction of sp³-hybridized carbons (Fsp3) is 0.261. The van der Waals surface area contributed by atoms with Gasteiger partial charge in [0.2, 0.25) is 15.9 Å². The Kier molecular flexibility index (Phi) is 6.26. The Morgan fingerprint density at radius 1 is 1.12 bits per heavy atom. The SMILES string of the molecule is C[C@H](Sc1nnc(-c2cccc(S(=O)(=O)N3CCOCC3)c2)o1)C(=O)c1c[nH]c2ccccc12. The largest absolute Gasteiger partial charge is 0.411 e. The fourth-order valence-corrected chi connectivity index (χ4v) is 6.00. The zero-order chi connectivity index (χ0) is 23.7. The maximum absolute atomic E-state index is 13.0. The Labute approximate surface area is 200 Å². The number of para-hydroxylation sites is 1. The number of hydrogen-bond acceptors (Lipinski definition) is 8. The molecule has 4 aromatic rings. The summed E-state index contributed by atoms with van der Waals surface area (Å²) in [6, 6.07) is 14.0. The third-order valence-electron chi connectivity index (χ3n) is 5.60. The minimum Gasteiger partial charge on any atom is -0.411 e. The molecular weight excluding hydrogens is 476 g/mol. The van der Waals surface area contributed by atoms with Crippen LogP contribution in [0.1, 0.15) is 17.3 Å². The van der Waals surface area contributed by atoms with Crippen LogP contribution < -0.4 is 0 Å².